The molecule has 6 rings (SSSR count). The van der Waals surface area contributed by atoms with E-state index in [1.165, 1.54) is 31.8 Å². The van der Waals surface area contributed by atoms with Crippen LogP contribution in [0.2, 0.25) is 0 Å². The molecule has 0 aliphatic carbocycles. The molecule has 0 atom stereocenters. The monoisotopic (exact) mass is 567 g/mol. The van der Waals surface area contributed by atoms with Gasteiger partial charge < -0.3 is 0 Å². The van der Waals surface area contributed by atoms with Crippen molar-refractivity contribution < 1.29 is 0 Å². The zero-order valence-electron chi connectivity index (χ0n) is 22.2. The van der Waals surface area contributed by atoms with Crippen molar-refractivity contribution in [3.05, 3.63) is 187 Å². The maximum Gasteiger partial charge on any atom is -0.0497 e. The van der Waals surface area contributed by atoms with E-state index in [4.69, 9.17) is 0 Å². The SMILES string of the molecule is c1ccc(P(c2ccccc2)[C-](P(c2ccccc2)c2ccccc2)P(c2ccccc2)c2ccccc2)cc1. The second-order valence-corrected chi connectivity index (χ2v) is 16.8. The number of hydrogen-bond acceptors (Lipinski definition) is 0. The van der Waals surface area contributed by atoms with Crippen molar-refractivity contribution in [2.75, 3.05) is 0 Å². The zero-order chi connectivity index (χ0) is 27.0. The summed E-state index contributed by atoms with van der Waals surface area (Å²) in [5, 5.41) is 10.0. The van der Waals surface area contributed by atoms with Crippen LogP contribution in [0.25, 0.3) is 0 Å². The van der Waals surface area contributed by atoms with Gasteiger partial charge in [-0.2, -0.15) is 23.8 Å². The van der Waals surface area contributed by atoms with E-state index in [1.807, 2.05) is 0 Å². The average molecular weight is 568 g/mol. The predicted molar refractivity (Wildman–Crippen MR) is 180 cm³/mol. The molecule has 0 aliphatic heterocycles. The van der Waals surface area contributed by atoms with Crippen LogP contribution in [-0.2, 0) is 0 Å². The van der Waals surface area contributed by atoms with E-state index in [-0.39, 0.29) is 0 Å². The second-order valence-electron chi connectivity index (χ2n) is 9.32. The van der Waals surface area contributed by atoms with Crippen molar-refractivity contribution in [3.8, 4) is 0 Å². The van der Waals surface area contributed by atoms with Gasteiger partial charge >= 0.3 is 0 Å². The summed E-state index contributed by atoms with van der Waals surface area (Å²) in [5.41, 5.74) is 0. The Morgan fingerprint density at radius 2 is 0.375 bits per heavy atom. The highest BCUT2D eigenvalue weighted by Crippen LogP contribution is 2.75. The van der Waals surface area contributed by atoms with E-state index in [2.05, 4.69) is 182 Å². The van der Waals surface area contributed by atoms with Gasteiger partial charge in [-0.05, 0) is 31.8 Å². The van der Waals surface area contributed by atoms with Crippen LogP contribution >= 0.6 is 23.8 Å². The molecule has 0 nitrogen and oxygen atoms in total. The third-order valence-electron chi connectivity index (χ3n) is 6.69. The lowest BCUT2D eigenvalue weighted by atomic mass is 10.4. The summed E-state index contributed by atoms with van der Waals surface area (Å²) in [7, 11) is -2.44. The van der Waals surface area contributed by atoms with E-state index in [0.29, 0.717) is 0 Å². The van der Waals surface area contributed by atoms with Gasteiger partial charge in [-0.25, -0.2) is 5.14 Å². The topological polar surface area (TPSA) is 0 Å². The molecule has 0 spiro atoms. The van der Waals surface area contributed by atoms with Crippen molar-refractivity contribution in [3.63, 3.8) is 0 Å². The van der Waals surface area contributed by atoms with Crippen LogP contribution in [0.1, 0.15) is 0 Å². The van der Waals surface area contributed by atoms with Gasteiger partial charge in [0.15, 0.2) is 0 Å². The van der Waals surface area contributed by atoms with E-state index in [0.717, 1.165) is 0 Å². The lowest BCUT2D eigenvalue weighted by molar-refractivity contribution is 1.73. The Hall–Kier alpha value is -3.39. The van der Waals surface area contributed by atoms with E-state index < -0.39 is 23.8 Å². The molecule has 3 heteroatoms. The van der Waals surface area contributed by atoms with Crippen molar-refractivity contribution >= 4 is 55.6 Å². The van der Waals surface area contributed by atoms with Gasteiger partial charge in [-0.15, -0.1) is 0 Å². The fourth-order valence-electron chi connectivity index (χ4n) is 4.90. The minimum Gasteiger partial charge on any atom is -0.210 e. The molecule has 0 aromatic heterocycles. The minimum atomic E-state index is -0.813. The molecule has 0 saturated carbocycles. The van der Waals surface area contributed by atoms with E-state index >= 15 is 0 Å². The molecule has 0 heterocycles. The standard InChI is InChI=1S/C37H30P3/c1-7-19-31(20-8-1)38(32-21-9-2-10-22-32)37(39(33-23-11-3-12-24-33)34-25-13-4-14-26-34)40(35-27-15-5-16-28-35)36-29-17-6-18-30-36/h1-30H/q-1. The first kappa shape index (κ1) is 26.8. The first-order valence-electron chi connectivity index (χ1n) is 13.5. The Kier molecular flexibility index (Phi) is 8.92. The Morgan fingerprint density at radius 3 is 0.525 bits per heavy atom. The third kappa shape index (κ3) is 6.02. The van der Waals surface area contributed by atoms with Gasteiger partial charge in [0.2, 0.25) is 0 Å². The van der Waals surface area contributed by atoms with E-state index in [9.17, 15) is 0 Å². The molecular weight excluding hydrogens is 537 g/mol. The van der Waals surface area contributed by atoms with Crippen molar-refractivity contribution in [2.24, 2.45) is 0 Å². The lowest BCUT2D eigenvalue weighted by Gasteiger charge is -2.54. The Balaban J connectivity index is 1.69. The van der Waals surface area contributed by atoms with Gasteiger partial charge in [0, 0.05) is 0 Å². The molecule has 0 fully saturated rings. The molecule has 0 saturated heterocycles. The van der Waals surface area contributed by atoms with Crippen LogP contribution in [-0.4, -0.2) is 0 Å². The summed E-state index contributed by atoms with van der Waals surface area (Å²) < 4.78 is 0. The summed E-state index contributed by atoms with van der Waals surface area (Å²) in [4.78, 5) is 0. The first-order chi connectivity index (χ1) is 19.9. The predicted octanol–water partition coefficient (Wildman–Crippen LogP) is 7.83. The van der Waals surface area contributed by atoms with Crippen LogP contribution in [0.4, 0.5) is 0 Å². The molecule has 6 aromatic rings. The highest BCUT2D eigenvalue weighted by Gasteiger charge is 2.28. The van der Waals surface area contributed by atoms with Crippen LogP contribution < -0.4 is 31.8 Å². The molecule has 0 N–H and O–H groups in total. The molecule has 0 radical (unpaired) electrons. The maximum atomic E-state index is 2.34. The van der Waals surface area contributed by atoms with E-state index in [1.54, 1.807) is 5.14 Å². The number of benzene rings is 6. The fourth-order valence-corrected chi connectivity index (χ4v) is 16.6. The molecular formula is C37H30P3-. The van der Waals surface area contributed by atoms with Gasteiger partial charge in [0.25, 0.3) is 0 Å². The van der Waals surface area contributed by atoms with Crippen molar-refractivity contribution in [2.45, 2.75) is 0 Å². The normalized spacial score (nSPS) is 11.4. The van der Waals surface area contributed by atoms with Crippen molar-refractivity contribution in [1.82, 2.24) is 0 Å². The van der Waals surface area contributed by atoms with Gasteiger partial charge in [-0.1, -0.05) is 182 Å². The first-order valence-corrected chi connectivity index (χ1v) is 17.5. The molecule has 0 amide bonds. The summed E-state index contributed by atoms with van der Waals surface area (Å²) in [6.07, 6.45) is 0. The molecule has 0 unspecified atom stereocenters. The van der Waals surface area contributed by atoms with Gasteiger partial charge in [-0.3, -0.25) is 0 Å². The molecule has 6 aromatic carbocycles. The quantitative estimate of drug-likeness (QED) is 0.123. The summed E-state index contributed by atoms with van der Waals surface area (Å²) in [5.74, 6) is 0. The van der Waals surface area contributed by atoms with Gasteiger partial charge in [0.05, 0.1) is 0 Å². The molecule has 40 heavy (non-hydrogen) atoms. The van der Waals surface area contributed by atoms with Crippen LogP contribution in [0.3, 0.4) is 0 Å². The lowest BCUT2D eigenvalue weighted by Crippen LogP contribution is -2.27. The smallest absolute Gasteiger partial charge is 0.0497 e. The number of hydrogen-bond donors (Lipinski definition) is 0. The zero-order valence-corrected chi connectivity index (χ0v) is 24.8. The van der Waals surface area contributed by atoms with Gasteiger partial charge in [0.1, 0.15) is 0 Å². The maximum absolute atomic E-state index is 2.34. The highest BCUT2D eigenvalue weighted by atomic mass is 31.2. The summed E-state index contributed by atoms with van der Waals surface area (Å²) in [6, 6.07) is 67.3. The summed E-state index contributed by atoms with van der Waals surface area (Å²) in [6.45, 7) is 0. The minimum absolute atomic E-state index is 0.813. The third-order valence-corrected chi connectivity index (χ3v) is 16.4. The van der Waals surface area contributed by atoms with Crippen LogP contribution in [0, 0.1) is 5.14 Å². The largest absolute Gasteiger partial charge is 0.210 e. The van der Waals surface area contributed by atoms with Crippen LogP contribution in [0.5, 0.6) is 0 Å². The highest BCUT2D eigenvalue weighted by molar-refractivity contribution is 8.08. The average Bonchev–Trinajstić information content (AvgIpc) is 3.04. The molecule has 0 bridgehead atoms. The number of rotatable bonds is 9. The molecule has 0 aliphatic rings. The fraction of sp³-hybridized carbons (Fsp3) is 0. The van der Waals surface area contributed by atoms with Crippen LogP contribution in [0.15, 0.2) is 182 Å². The molecule has 194 valence electrons. The van der Waals surface area contributed by atoms with Crippen molar-refractivity contribution in [1.29, 1.82) is 0 Å². The Bertz CT molecular complexity index is 1260. The Morgan fingerprint density at radius 1 is 0.225 bits per heavy atom. The second kappa shape index (κ2) is 13.3. The summed E-state index contributed by atoms with van der Waals surface area (Å²) >= 11 is 0. The Labute approximate surface area is 242 Å².